The number of hydrogen-bond acceptors (Lipinski definition) is 6. The number of aromatic nitrogens is 2. The van der Waals surface area contributed by atoms with E-state index >= 15 is 0 Å². The standard InChI is InChI=1S/C26H30N4O5/c1-12-8-9-16(10-13(12)2)30-22(27)19(24(33)29(7)25(30)34)28-23(32)18-15(4)20(31)14(3)17-11-26(5,6)35-21(17)18/h8-10,31H,11,27H2,1-7H3,(H,28,32). The third kappa shape index (κ3) is 3.77. The zero-order valence-corrected chi connectivity index (χ0v) is 21.0. The summed E-state index contributed by atoms with van der Waals surface area (Å²) in [6, 6.07) is 5.36. The van der Waals surface area contributed by atoms with Crippen LogP contribution in [0.1, 0.15) is 52.0 Å². The van der Waals surface area contributed by atoms with Crippen molar-refractivity contribution in [3.63, 3.8) is 0 Å². The van der Waals surface area contributed by atoms with Crippen molar-refractivity contribution in [1.29, 1.82) is 0 Å². The van der Waals surface area contributed by atoms with Gasteiger partial charge in [-0.3, -0.25) is 14.2 Å². The maximum Gasteiger partial charge on any atom is 0.337 e. The summed E-state index contributed by atoms with van der Waals surface area (Å²) >= 11 is 0. The average Bonchev–Trinajstić information content (AvgIpc) is 3.11. The van der Waals surface area contributed by atoms with Crippen molar-refractivity contribution >= 4 is 17.4 Å². The van der Waals surface area contributed by atoms with Crippen LogP contribution in [0.2, 0.25) is 0 Å². The molecule has 0 unspecified atom stereocenters. The number of aromatic hydroxyl groups is 1. The van der Waals surface area contributed by atoms with Crippen LogP contribution in [0.3, 0.4) is 0 Å². The minimum Gasteiger partial charge on any atom is -0.507 e. The molecule has 0 saturated carbocycles. The molecule has 0 aliphatic carbocycles. The van der Waals surface area contributed by atoms with Crippen LogP contribution in [-0.4, -0.2) is 25.7 Å². The van der Waals surface area contributed by atoms with Gasteiger partial charge in [0.05, 0.1) is 11.3 Å². The third-order valence-corrected chi connectivity index (χ3v) is 6.73. The quantitative estimate of drug-likeness (QED) is 0.531. The van der Waals surface area contributed by atoms with Gasteiger partial charge in [0, 0.05) is 24.6 Å². The van der Waals surface area contributed by atoms with Gasteiger partial charge in [0.2, 0.25) is 0 Å². The fraction of sp³-hybridized carbons (Fsp3) is 0.346. The van der Waals surface area contributed by atoms with E-state index in [-0.39, 0.29) is 22.8 Å². The van der Waals surface area contributed by atoms with Crippen molar-refractivity contribution in [2.24, 2.45) is 7.05 Å². The van der Waals surface area contributed by atoms with Crippen LogP contribution >= 0.6 is 0 Å². The molecule has 1 amide bonds. The minimum atomic E-state index is -0.743. The molecule has 184 valence electrons. The number of rotatable bonds is 3. The number of phenols is 1. The van der Waals surface area contributed by atoms with Gasteiger partial charge in [-0.05, 0) is 70.4 Å². The number of carbonyl (C=O) groups excluding carboxylic acids is 1. The number of anilines is 2. The number of hydrogen-bond donors (Lipinski definition) is 3. The molecule has 0 spiro atoms. The van der Waals surface area contributed by atoms with Gasteiger partial charge in [-0.15, -0.1) is 0 Å². The number of phenolic OH excluding ortho intramolecular Hbond substituents is 1. The van der Waals surface area contributed by atoms with Crippen molar-refractivity contribution in [2.45, 2.75) is 53.6 Å². The molecule has 2 aromatic carbocycles. The van der Waals surface area contributed by atoms with Crippen molar-refractivity contribution in [3.8, 4) is 17.2 Å². The normalized spacial score (nSPS) is 13.9. The zero-order chi connectivity index (χ0) is 26.0. The van der Waals surface area contributed by atoms with Gasteiger partial charge < -0.3 is 20.9 Å². The second-order valence-electron chi connectivity index (χ2n) is 9.78. The van der Waals surface area contributed by atoms with Crippen LogP contribution in [-0.2, 0) is 13.5 Å². The van der Waals surface area contributed by atoms with E-state index in [1.54, 1.807) is 26.0 Å². The van der Waals surface area contributed by atoms with Crippen molar-refractivity contribution in [2.75, 3.05) is 11.1 Å². The van der Waals surface area contributed by atoms with Crippen LogP contribution < -0.4 is 27.0 Å². The number of ether oxygens (including phenoxy) is 1. The maximum atomic E-state index is 13.5. The summed E-state index contributed by atoms with van der Waals surface area (Å²) in [5.74, 6) is -0.489. The molecule has 0 atom stereocenters. The van der Waals surface area contributed by atoms with Crippen molar-refractivity contribution < 1.29 is 14.6 Å². The number of nitrogen functional groups attached to an aromatic ring is 1. The summed E-state index contributed by atoms with van der Waals surface area (Å²) in [5, 5.41) is 13.3. The first-order chi connectivity index (χ1) is 16.2. The molecule has 0 radical (unpaired) electrons. The smallest absolute Gasteiger partial charge is 0.337 e. The van der Waals surface area contributed by atoms with Gasteiger partial charge in [0.25, 0.3) is 11.5 Å². The lowest BCUT2D eigenvalue weighted by Crippen LogP contribution is -2.40. The summed E-state index contributed by atoms with van der Waals surface area (Å²) in [7, 11) is 1.32. The Morgan fingerprint density at radius 1 is 1.11 bits per heavy atom. The fourth-order valence-electron chi connectivity index (χ4n) is 4.51. The first kappa shape index (κ1) is 24.1. The Bertz CT molecular complexity index is 1530. The van der Waals surface area contributed by atoms with Gasteiger partial charge in [-0.1, -0.05) is 6.07 Å². The first-order valence-electron chi connectivity index (χ1n) is 11.3. The molecule has 1 aliphatic heterocycles. The molecule has 0 saturated heterocycles. The molecular formula is C26H30N4O5. The van der Waals surface area contributed by atoms with Gasteiger partial charge in [0.15, 0.2) is 0 Å². The molecule has 35 heavy (non-hydrogen) atoms. The predicted molar refractivity (Wildman–Crippen MR) is 135 cm³/mol. The van der Waals surface area contributed by atoms with Crippen LogP contribution in [0.4, 0.5) is 11.5 Å². The molecule has 1 aromatic heterocycles. The third-order valence-electron chi connectivity index (χ3n) is 6.73. The molecule has 9 nitrogen and oxygen atoms in total. The number of fused-ring (bicyclic) bond motifs is 1. The summed E-state index contributed by atoms with van der Waals surface area (Å²) in [6.45, 7) is 11.0. The summed E-state index contributed by atoms with van der Waals surface area (Å²) in [4.78, 5) is 39.5. The predicted octanol–water partition coefficient (Wildman–Crippen LogP) is 3.02. The average molecular weight is 479 g/mol. The van der Waals surface area contributed by atoms with Crippen LogP contribution in [0.15, 0.2) is 27.8 Å². The zero-order valence-electron chi connectivity index (χ0n) is 21.0. The molecule has 3 aromatic rings. The molecule has 0 bridgehead atoms. The van der Waals surface area contributed by atoms with E-state index in [2.05, 4.69) is 5.32 Å². The monoisotopic (exact) mass is 478 g/mol. The lowest BCUT2D eigenvalue weighted by molar-refractivity contribution is 0.101. The van der Waals surface area contributed by atoms with Crippen LogP contribution in [0, 0.1) is 27.7 Å². The Morgan fingerprint density at radius 3 is 2.40 bits per heavy atom. The van der Waals surface area contributed by atoms with E-state index in [1.165, 1.54) is 11.6 Å². The summed E-state index contributed by atoms with van der Waals surface area (Å²) < 4.78 is 8.16. The fourth-order valence-corrected chi connectivity index (χ4v) is 4.51. The van der Waals surface area contributed by atoms with E-state index in [0.717, 1.165) is 21.3 Å². The minimum absolute atomic E-state index is 0.00354. The Balaban J connectivity index is 1.88. The van der Waals surface area contributed by atoms with Gasteiger partial charge in [-0.25, -0.2) is 9.36 Å². The Morgan fingerprint density at radius 2 is 1.77 bits per heavy atom. The largest absolute Gasteiger partial charge is 0.507 e. The maximum absolute atomic E-state index is 13.5. The molecule has 4 rings (SSSR count). The van der Waals surface area contributed by atoms with Gasteiger partial charge in [0.1, 0.15) is 28.6 Å². The second-order valence-corrected chi connectivity index (χ2v) is 9.78. The molecule has 0 fully saturated rings. The van der Waals surface area contributed by atoms with E-state index in [0.29, 0.717) is 29.0 Å². The highest BCUT2D eigenvalue weighted by molar-refractivity contribution is 6.09. The number of nitrogens with zero attached hydrogens (tertiary/aromatic N) is 2. The second kappa shape index (κ2) is 8.04. The molecule has 2 heterocycles. The number of amides is 1. The lowest BCUT2D eigenvalue weighted by Gasteiger charge is -2.20. The summed E-state index contributed by atoms with van der Waals surface area (Å²) in [6.07, 6.45) is 0.518. The Hall–Kier alpha value is -4.01. The lowest BCUT2D eigenvalue weighted by atomic mass is 9.92. The first-order valence-corrected chi connectivity index (χ1v) is 11.3. The molecule has 1 aliphatic rings. The number of aryl methyl sites for hydroxylation is 2. The van der Waals surface area contributed by atoms with Gasteiger partial charge >= 0.3 is 5.69 Å². The summed E-state index contributed by atoms with van der Waals surface area (Å²) in [5.41, 5.74) is 8.41. The SMILES string of the molecule is Cc1ccc(-n2c(N)c(NC(=O)c3c(C)c(O)c(C)c4c3OC(C)(C)C4)c(=O)n(C)c2=O)cc1C. The van der Waals surface area contributed by atoms with Crippen LogP contribution in [0.5, 0.6) is 11.5 Å². The Labute approximate surface area is 202 Å². The highest BCUT2D eigenvalue weighted by Crippen LogP contribution is 2.45. The van der Waals surface area contributed by atoms with E-state index in [1.807, 2.05) is 33.8 Å². The molecule has 9 heteroatoms. The number of nitrogens with two attached hydrogens (primary N) is 1. The highest BCUT2D eigenvalue weighted by Gasteiger charge is 2.37. The van der Waals surface area contributed by atoms with Crippen molar-refractivity contribution in [1.82, 2.24) is 9.13 Å². The Kier molecular flexibility index (Phi) is 5.54. The highest BCUT2D eigenvalue weighted by atomic mass is 16.5. The van der Waals surface area contributed by atoms with E-state index in [4.69, 9.17) is 10.5 Å². The molecule has 4 N–H and O–H groups in total. The topological polar surface area (TPSA) is 129 Å². The number of benzene rings is 2. The van der Waals surface area contributed by atoms with Gasteiger partial charge in [-0.2, -0.15) is 0 Å². The van der Waals surface area contributed by atoms with Crippen molar-refractivity contribution in [3.05, 3.63) is 72.4 Å². The van der Waals surface area contributed by atoms with Crippen LogP contribution in [0.25, 0.3) is 5.69 Å². The van der Waals surface area contributed by atoms with E-state index < -0.39 is 22.8 Å². The van der Waals surface area contributed by atoms with E-state index in [9.17, 15) is 19.5 Å². The molecular weight excluding hydrogens is 448 g/mol. The number of carbonyl (C=O) groups is 1. The number of nitrogens with one attached hydrogen (secondary N) is 1.